The fraction of sp³-hybridized carbons (Fsp3) is 0.300. The first-order valence-electron chi connectivity index (χ1n) is 8.82. The summed E-state index contributed by atoms with van der Waals surface area (Å²) in [5, 5.41) is 18.5. The summed E-state index contributed by atoms with van der Waals surface area (Å²) in [5.74, 6) is 0.234. The third kappa shape index (κ3) is 4.62. The van der Waals surface area contributed by atoms with Crippen LogP contribution in [0.3, 0.4) is 0 Å². The second-order valence-corrected chi connectivity index (χ2v) is 6.43. The second-order valence-electron chi connectivity index (χ2n) is 6.43. The number of hydrogen-bond acceptors (Lipinski definition) is 3. The average Bonchev–Trinajstić information content (AvgIpc) is 2.68. The van der Waals surface area contributed by atoms with Crippen molar-refractivity contribution >= 4 is 17.6 Å². The molecule has 4 N–H and O–H groups in total. The van der Waals surface area contributed by atoms with Crippen molar-refractivity contribution < 1.29 is 14.3 Å². The Morgan fingerprint density at radius 1 is 1.30 bits per heavy atom. The lowest BCUT2D eigenvalue weighted by Gasteiger charge is -2.26. The molecule has 1 aliphatic heterocycles. The molecule has 0 saturated carbocycles. The molecule has 1 aliphatic rings. The van der Waals surface area contributed by atoms with Crippen molar-refractivity contribution in [2.24, 2.45) is 4.99 Å². The summed E-state index contributed by atoms with van der Waals surface area (Å²) in [6.45, 7) is 0.667. The second kappa shape index (κ2) is 8.64. The van der Waals surface area contributed by atoms with E-state index in [0.717, 1.165) is 16.8 Å². The molecule has 0 saturated heterocycles. The first-order chi connectivity index (χ1) is 13.1. The number of carbonyl (C=O) groups excluding carboxylic acids is 1. The average molecular weight is 370 g/mol. The van der Waals surface area contributed by atoms with Crippen LogP contribution in [0.2, 0.25) is 0 Å². The van der Waals surface area contributed by atoms with Crippen LogP contribution in [0.5, 0.6) is 0 Å². The molecule has 0 aromatic heterocycles. The summed E-state index contributed by atoms with van der Waals surface area (Å²) in [6, 6.07) is 12.4. The van der Waals surface area contributed by atoms with Gasteiger partial charge in [-0.05, 0) is 29.3 Å². The summed E-state index contributed by atoms with van der Waals surface area (Å²) in [7, 11) is 1.67. The molecule has 6 nitrogen and oxygen atoms in total. The SMILES string of the molecule is CN=C(NCc1ccc(F)c(CO)c1)NCC1CC(=O)Nc2ccccc21. The Kier molecular flexibility index (Phi) is 6.03. The standard InChI is InChI=1S/C20H23FN4O2/c1-22-20(23-10-13-6-7-17(21)15(8-13)12-26)24-11-14-9-19(27)25-18-5-3-2-4-16(14)18/h2-8,14,26H,9-12H2,1H3,(H,25,27)(H2,22,23,24). The molecule has 0 fully saturated rings. The molecule has 0 spiro atoms. The van der Waals surface area contributed by atoms with Gasteiger partial charge in [0.2, 0.25) is 5.91 Å². The van der Waals surface area contributed by atoms with Gasteiger partial charge >= 0.3 is 0 Å². The molecule has 27 heavy (non-hydrogen) atoms. The van der Waals surface area contributed by atoms with E-state index in [2.05, 4.69) is 20.9 Å². The van der Waals surface area contributed by atoms with Gasteiger partial charge in [0.1, 0.15) is 5.82 Å². The van der Waals surface area contributed by atoms with Crippen molar-refractivity contribution in [1.82, 2.24) is 10.6 Å². The third-order valence-electron chi connectivity index (χ3n) is 4.59. The van der Waals surface area contributed by atoms with Crippen molar-refractivity contribution in [1.29, 1.82) is 0 Å². The summed E-state index contributed by atoms with van der Waals surface area (Å²) in [6.07, 6.45) is 0.416. The number of nitrogens with one attached hydrogen (secondary N) is 3. The van der Waals surface area contributed by atoms with Gasteiger partial charge in [0, 0.05) is 43.7 Å². The van der Waals surface area contributed by atoms with Gasteiger partial charge in [-0.25, -0.2) is 4.39 Å². The first-order valence-corrected chi connectivity index (χ1v) is 8.82. The van der Waals surface area contributed by atoms with Crippen LogP contribution in [0.1, 0.15) is 29.0 Å². The van der Waals surface area contributed by atoms with Crippen molar-refractivity contribution in [3.63, 3.8) is 0 Å². The van der Waals surface area contributed by atoms with E-state index >= 15 is 0 Å². The lowest BCUT2D eigenvalue weighted by molar-refractivity contribution is -0.116. The minimum atomic E-state index is -0.419. The van der Waals surface area contributed by atoms with E-state index in [0.29, 0.717) is 25.5 Å². The maximum Gasteiger partial charge on any atom is 0.225 e. The molecular formula is C20H23FN4O2. The molecule has 0 bridgehead atoms. The van der Waals surface area contributed by atoms with Gasteiger partial charge in [-0.2, -0.15) is 0 Å². The van der Waals surface area contributed by atoms with E-state index in [1.54, 1.807) is 19.2 Å². The monoisotopic (exact) mass is 370 g/mol. The minimum Gasteiger partial charge on any atom is -0.392 e. The molecule has 1 unspecified atom stereocenters. The number of rotatable bonds is 5. The zero-order chi connectivity index (χ0) is 19.2. The zero-order valence-electron chi connectivity index (χ0n) is 15.1. The lowest BCUT2D eigenvalue weighted by atomic mass is 9.90. The Morgan fingerprint density at radius 2 is 2.11 bits per heavy atom. The number of guanidine groups is 1. The number of para-hydroxylation sites is 1. The smallest absolute Gasteiger partial charge is 0.225 e. The van der Waals surface area contributed by atoms with E-state index in [4.69, 9.17) is 5.11 Å². The first kappa shape index (κ1) is 18.8. The number of aliphatic hydroxyl groups excluding tert-OH is 1. The maximum atomic E-state index is 13.5. The van der Waals surface area contributed by atoms with Gasteiger partial charge in [0.25, 0.3) is 0 Å². The molecule has 1 heterocycles. The molecule has 3 rings (SSSR count). The number of fused-ring (bicyclic) bond motifs is 1. The van der Waals surface area contributed by atoms with Crippen molar-refractivity contribution in [2.75, 3.05) is 18.9 Å². The number of benzene rings is 2. The normalized spacial score (nSPS) is 16.5. The molecule has 2 aromatic carbocycles. The molecular weight excluding hydrogens is 347 g/mol. The highest BCUT2D eigenvalue weighted by Crippen LogP contribution is 2.31. The molecule has 0 radical (unpaired) electrons. The highest BCUT2D eigenvalue weighted by atomic mass is 19.1. The van der Waals surface area contributed by atoms with Crippen LogP contribution in [0.4, 0.5) is 10.1 Å². The van der Waals surface area contributed by atoms with Crippen LogP contribution >= 0.6 is 0 Å². The Balaban J connectivity index is 1.59. The number of nitrogens with zero attached hydrogens (tertiary/aromatic N) is 1. The van der Waals surface area contributed by atoms with Gasteiger partial charge in [-0.3, -0.25) is 9.79 Å². The van der Waals surface area contributed by atoms with Crippen molar-refractivity contribution in [3.8, 4) is 0 Å². The van der Waals surface area contributed by atoms with E-state index in [9.17, 15) is 9.18 Å². The number of amides is 1. The summed E-state index contributed by atoms with van der Waals surface area (Å²) in [4.78, 5) is 16.1. The highest BCUT2D eigenvalue weighted by molar-refractivity contribution is 5.94. The molecule has 2 aromatic rings. The van der Waals surface area contributed by atoms with Gasteiger partial charge in [-0.15, -0.1) is 0 Å². The molecule has 0 aliphatic carbocycles. The fourth-order valence-electron chi connectivity index (χ4n) is 3.17. The van der Waals surface area contributed by atoms with Gasteiger partial charge in [0.15, 0.2) is 5.96 Å². The van der Waals surface area contributed by atoms with Gasteiger partial charge in [-0.1, -0.05) is 24.3 Å². The topological polar surface area (TPSA) is 85.8 Å². The highest BCUT2D eigenvalue weighted by Gasteiger charge is 2.24. The Labute approximate surface area is 157 Å². The number of carbonyl (C=O) groups is 1. The van der Waals surface area contributed by atoms with Crippen LogP contribution in [0.15, 0.2) is 47.5 Å². The van der Waals surface area contributed by atoms with Gasteiger partial charge in [0.05, 0.1) is 6.61 Å². The predicted octanol–water partition coefficient (Wildman–Crippen LogP) is 2.11. The number of halogens is 1. The van der Waals surface area contributed by atoms with Crippen LogP contribution < -0.4 is 16.0 Å². The molecule has 142 valence electrons. The summed E-state index contributed by atoms with van der Waals surface area (Å²) in [5.41, 5.74) is 3.06. The number of aliphatic imine (C=N–C) groups is 1. The number of aliphatic hydroxyl groups is 1. The van der Waals surface area contributed by atoms with E-state index < -0.39 is 5.82 Å². The van der Waals surface area contributed by atoms with E-state index in [-0.39, 0.29) is 24.0 Å². The van der Waals surface area contributed by atoms with E-state index in [1.807, 2.05) is 24.3 Å². The lowest BCUT2D eigenvalue weighted by Crippen LogP contribution is -2.40. The summed E-state index contributed by atoms with van der Waals surface area (Å²) < 4.78 is 13.5. The molecule has 1 amide bonds. The number of anilines is 1. The molecule has 1 atom stereocenters. The third-order valence-corrected chi connectivity index (χ3v) is 4.59. The fourth-order valence-corrected chi connectivity index (χ4v) is 3.17. The summed E-state index contributed by atoms with van der Waals surface area (Å²) >= 11 is 0. The maximum absolute atomic E-state index is 13.5. The Hall–Kier alpha value is -2.93. The van der Waals surface area contributed by atoms with Gasteiger partial charge < -0.3 is 21.1 Å². The Morgan fingerprint density at radius 3 is 2.89 bits per heavy atom. The van der Waals surface area contributed by atoms with Crippen LogP contribution in [0.25, 0.3) is 0 Å². The largest absolute Gasteiger partial charge is 0.392 e. The van der Waals surface area contributed by atoms with Crippen LogP contribution in [0, 0.1) is 5.82 Å². The Bertz CT molecular complexity index is 854. The molecule has 7 heteroatoms. The van der Waals surface area contributed by atoms with Crippen molar-refractivity contribution in [3.05, 3.63) is 65.0 Å². The predicted molar refractivity (Wildman–Crippen MR) is 103 cm³/mol. The minimum absolute atomic E-state index is 0.00583. The van der Waals surface area contributed by atoms with Crippen LogP contribution in [-0.2, 0) is 17.9 Å². The van der Waals surface area contributed by atoms with Crippen molar-refractivity contribution in [2.45, 2.75) is 25.5 Å². The van der Waals surface area contributed by atoms with E-state index in [1.165, 1.54) is 6.07 Å². The van der Waals surface area contributed by atoms with Crippen LogP contribution in [-0.4, -0.2) is 30.6 Å². The zero-order valence-corrected chi connectivity index (χ0v) is 15.1. The quantitative estimate of drug-likeness (QED) is 0.480. The number of hydrogen-bond donors (Lipinski definition) is 4.